The van der Waals surface area contributed by atoms with Crippen molar-refractivity contribution in [2.75, 3.05) is 13.1 Å². The van der Waals surface area contributed by atoms with Gasteiger partial charge in [-0.25, -0.2) is 9.18 Å². The number of carbonyl (C=O) groups excluding carboxylic acids is 1. The van der Waals surface area contributed by atoms with E-state index in [9.17, 15) is 4.79 Å². The number of hydrogen-bond donors (Lipinski definition) is 0. The second-order valence-corrected chi connectivity index (χ2v) is 7.28. The number of rotatable bonds is 2. The van der Waals surface area contributed by atoms with Crippen LogP contribution in [0.2, 0.25) is 0 Å². The van der Waals surface area contributed by atoms with E-state index in [1.807, 2.05) is 20.8 Å². The number of amides is 1. The average molecular weight is 350 g/mol. The number of nitrogens with zero attached hydrogens (tertiary/aromatic N) is 2. The number of alkyl halides is 1. The fourth-order valence-electron chi connectivity index (χ4n) is 2.85. The summed E-state index contributed by atoms with van der Waals surface area (Å²) in [5, 5.41) is 0. The first-order valence-electron chi connectivity index (χ1n) is 8.36. The molecule has 3 heterocycles. The minimum absolute atomic E-state index is 0.214. The monoisotopic (exact) mass is 350 g/mol. The van der Waals surface area contributed by atoms with Crippen molar-refractivity contribution in [3.05, 3.63) is 42.1 Å². The van der Waals surface area contributed by atoms with Crippen molar-refractivity contribution >= 4 is 6.09 Å². The Morgan fingerprint density at radius 2 is 1.92 bits per heavy atom. The topological polar surface area (TPSA) is 60.9 Å². The Bertz CT molecular complexity index is 638. The van der Waals surface area contributed by atoms with Crippen LogP contribution in [0, 0.1) is 0 Å². The number of likely N-dealkylation sites (tertiary alicyclic amines) is 1. The minimum Gasteiger partial charge on any atom is -0.454 e. The van der Waals surface area contributed by atoms with Gasteiger partial charge in [-0.2, -0.15) is 0 Å². The van der Waals surface area contributed by atoms with Gasteiger partial charge in [0.05, 0.1) is 0 Å². The van der Waals surface area contributed by atoms with Crippen molar-refractivity contribution in [1.29, 1.82) is 0 Å². The first-order chi connectivity index (χ1) is 11.8. The molecule has 0 radical (unpaired) electrons. The summed E-state index contributed by atoms with van der Waals surface area (Å²) in [4.78, 5) is 17.9. The normalized spacial score (nSPS) is 20.1. The lowest BCUT2D eigenvalue weighted by Crippen LogP contribution is -2.45. The van der Waals surface area contributed by atoms with Crippen LogP contribution in [0.15, 0.2) is 30.9 Å². The lowest BCUT2D eigenvalue weighted by atomic mass is 9.87. The van der Waals surface area contributed by atoms with E-state index in [4.69, 9.17) is 14.2 Å². The van der Waals surface area contributed by atoms with Crippen LogP contribution in [0.3, 0.4) is 0 Å². The molecular formula is C18H23FN2O4. The Balaban J connectivity index is 1.61. The lowest BCUT2D eigenvalue weighted by Gasteiger charge is -2.37. The zero-order valence-corrected chi connectivity index (χ0v) is 14.7. The van der Waals surface area contributed by atoms with E-state index in [0.717, 1.165) is 0 Å². The molecule has 0 bridgehead atoms. The van der Waals surface area contributed by atoms with Crippen LogP contribution in [-0.4, -0.2) is 34.7 Å². The van der Waals surface area contributed by atoms with Gasteiger partial charge in [0.2, 0.25) is 0 Å². The summed E-state index contributed by atoms with van der Waals surface area (Å²) in [6, 6.07) is 3.41. The summed E-state index contributed by atoms with van der Waals surface area (Å²) in [5.41, 5.74) is -0.963. The number of aromatic nitrogens is 1. The first kappa shape index (κ1) is 17.5. The zero-order valence-electron chi connectivity index (χ0n) is 14.7. The van der Waals surface area contributed by atoms with E-state index in [1.165, 1.54) is 18.7 Å². The highest BCUT2D eigenvalue weighted by Gasteiger charge is 2.39. The van der Waals surface area contributed by atoms with Crippen LogP contribution in [0.5, 0.6) is 0 Å². The molecule has 0 spiro atoms. The van der Waals surface area contributed by atoms with Crippen molar-refractivity contribution in [1.82, 2.24) is 9.88 Å². The molecule has 0 atom stereocenters. The van der Waals surface area contributed by atoms with E-state index < -0.39 is 23.7 Å². The Kier molecular flexibility index (Phi) is 4.58. The summed E-state index contributed by atoms with van der Waals surface area (Å²) < 4.78 is 31.1. The van der Waals surface area contributed by atoms with Crippen LogP contribution in [0.1, 0.15) is 51.2 Å². The second-order valence-electron chi connectivity index (χ2n) is 7.28. The Morgan fingerprint density at radius 1 is 1.28 bits per heavy atom. The van der Waals surface area contributed by atoms with Gasteiger partial charge in [0.15, 0.2) is 0 Å². The van der Waals surface area contributed by atoms with Gasteiger partial charge in [-0.1, -0.05) is 6.07 Å². The molecule has 1 aromatic heterocycles. The van der Waals surface area contributed by atoms with E-state index in [2.05, 4.69) is 4.98 Å². The Hall–Kier alpha value is -2.31. The summed E-state index contributed by atoms with van der Waals surface area (Å²) in [5.74, 6) is 0. The molecule has 1 saturated heterocycles. The molecule has 7 heteroatoms. The molecule has 1 aromatic rings. The van der Waals surface area contributed by atoms with E-state index >= 15 is 4.39 Å². The molecule has 2 aliphatic rings. The third-order valence-corrected chi connectivity index (χ3v) is 4.21. The zero-order chi connectivity index (χ0) is 18.1. The summed E-state index contributed by atoms with van der Waals surface area (Å²) in [6.45, 7) is 6.07. The summed E-state index contributed by atoms with van der Waals surface area (Å²) in [7, 11) is 0. The molecule has 0 N–H and O–H groups in total. The van der Waals surface area contributed by atoms with Gasteiger partial charge in [0.25, 0.3) is 6.29 Å². The molecule has 3 rings (SSSR count). The fraction of sp³-hybridized carbons (Fsp3) is 0.556. The Morgan fingerprint density at radius 3 is 2.44 bits per heavy atom. The van der Waals surface area contributed by atoms with Crippen LogP contribution in [-0.2, 0) is 19.9 Å². The van der Waals surface area contributed by atoms with Crippen molar-refractivity contribution in [3.8, 4) is 0 Å². The highest BCUT2D eigenvalue weighted by Crippen LogP contribution is 2.37. The molecule has 0 aromatic carbocycles. The molecule has 25 heavy (non-hydrogen) atoms. The smallest absolute Gasteiger partial charge is 0.410 e. The number of hydrogen-bond acceptors (Lipinski definition) is 5. The first-order valence-corrected chi connectivity index (χ1v) is 8.36. The third-order valence-electron chi connectivity index (χ3n) is 4.21. The van der Waals surface area contributed by atoms with Gasteiger partial charge in [0, 0.05) is 37.7 Å². The van der Waals surface area contributed by atoms with Gasteiger partial charge < -0.3 is 19.1 Å². The molecule has 0 aliphatic carbocycles. The quantitative estimate of drug-likeness (QED) is 0.812. The summed E-state index contributed by atoms with van der Waals surface area (Å²) in [6.07, 6.45) is 3.87. The van der Waals surface area contributed by atoms with Gasteiger partial charge in [-0.15, -0.1) is 0 Å². The molecule has 0 saturated carbocycles. The summed E-state index contributed by atoms with van der Waals surface area (Å²) >= 11 is 0. The molecule has 136 valence electrons. The van der Waals surface area contributed by atoms with Gasteiger partial charge in [-0.05, 0) is 26.8 Å². The molecule has 6 nitrogen and oxygen atoms in total. The number of piperidine rings is 1. The highest BCUT2D eigenvalue weighted by molar-refractivity contribution is 5.68. The minimum atomic E-state index is -1.50. The van der Waals surface area contributed by atoms with Crippen LogP contribution < -0.4 is 0 Å². The van der Waals surface area contributed by atoms with Crippen molar-refractivity contribution in [3.63, 3.8) is 0 Å². The maximum absolute atomic E-state index is 15.3. The Labute approximate surface area is 146 Å². The maximum atomic E-state index is 15.3. The van der Waals surface area contributed by atoms with E-state index in [-0.39, 0.29) is 12.8 Å². The number of ether oxygens (including phenoxy) is 3. The maximum Gasteiger partial charge on any atom is 0.410 e. The van der Waals surface area contributed by atoms with Crippen LogP contribution in [0.4, 0.5) is 9.18 Å². The van der Waals surface area contributed by atoms with Gasteiger partial charge in [-0.3, -0.25) is 4.98 Å². The average Bonchev–Trinajstić information content (AvgIpc) is 3.08. The molecule has 2 aliphatic heterocycles. The lowest BCUT2D eigenvalue weighted by molar-refractivity contribution is -0.0281. The van der Waals surface area contributed by atoms with E-state index in [1.54, 1.807) is 17.0 Å². The largest absolute Gasteiger partial charge is 0.454 e. The fourth-order valence-corrected chi connectivity index (χ4v) is 2.85. The van der Waals surface area contributed by atoms with E-state index in [0.29, 0.717) is 24.3 Å². The number of pyridine rings is 1. The third kappa shape index (κ3) is 4.03. The standard InChI is InChI=1S/C18H23FN2O4/c1-17(2,3)25-16(22)21-8-6-18(19,7-9-21)13-4-5-14(20-12-13)15-23-10-11-24-15/h4-5,10-12,15H,6-9H2,1-3H3. The number of carbonyl (C=O) groups is 1. The highest BCUT2D eigenvalue weighted by atomic mass is 19.1. The molecule has 0 unspecified atom stereocenters. The SMILES string of the molecule is CC(C)(C)OC(=O)N1CCC(F)(c2ccc(C3OC=CO3)nc2)CC1. The van der Waals surface area contributed by atoms with Crippen molar-refractivity contribution in [2.24, 2.45) is 0 Å². The predicted molar refractivity (Wildman–Crippen MR) is 88.1 cm³/mol. The molecule has 1 amide bonds. The van der Waals surface area contributed by atoms with Crippen LogP contribution >= 0.6 is 0 Å². The van der Waals surface area contributed by atoms with Gasteiger partial charge in [0.1, 0.15) is 29.5 Å². The molecule has 1 fully saturated rings. The second kappa shape index (κ2) is 6.54. The van der Waals surface area contributed by atoms with Crippen molar-refractivity contribution in [2.45, 2.75) is 51.2 Å². The van der Waals surface area contributed by atoms with Gasteiger partial charge >= 0.3 is 6.09 Å². The predicted octanol–water partition coefficient (Wildman–Crippen LogP) is 3.79. The number of halogens is 1. The molecular weight excluding hydrogens is 327 g/mol. The van der Waals surface area contributed by atoms with Crippen molar-refractivity contribution < 1.29 is 23.4 Å². The van der Waals surface area contributed by atoms with Crippen LogP contribution in [0.25, 0.3) is 0 Å².